The van der Waals surface area contributed by atoms with Crippen molar-refractivity contribution in [3.8, 4) is 5.75 Å². The van der Waals surface area contributed by atoms with Gasteiger partial charge in [0.05, 0.1) is 24.5 Å². The summed E-state index contributed by atoms with van der Waals surface area (Å²) < 4.78 is 7.36. The molecule has 2 rings (SSSR count). The lowest BCUT2D eigenvalue weighted by atomic mass is 10.2. The predicted octanol–water partition coefficient (Wildman–Crippen LogP) is 2.30. The molecule has 0 unspecified atom stereocenters. The van der Waals surface area contributed by atoms with Crippen LogP contribution in [0.4, 0.5) is 5.69 Å². The average molecular weight is 345 g/mol. The first kappa shape index (κ1) is 13.9. The Hall–Kier alpha value is -1.53. The van der Waals surface area contributed by atoms with Gasteiger partial charge < -0.3 is 10.5 Å². The largest absolute Gasteiger partial charge is 0.496 e. The number of nitrogen functional groups attached to an aromatic ring is 1. The summed E-state index contributed by atoms with van der Waals surface area (Å²) in [6, 6.07) is 5.55. The second-order valence-corrected chi connectivity index (χ2v) is 5.06. The van der Waals surface area contributed by atoms with Crippen molar-refractivity contribution in [3.05, 3.63) is 50.1 Å². The molecule has 100 valence electrons. The molecule has 0 saturated carbocycles. The van der Waals surface area contributed by atoms with Crippen molar-refractivity contribution in [1.82, 2.24) is 9.55 Å². The zero-order valence-corrected chi connectivity index (χ0v) is 12.4. The SMILES string of the molecule is COc1ccc(Cn2cnc(Cl)c(N)c2=O)cc1Br. The van der Waals surface area contributed by atoms with Gasteiger partial charge in [-0.15, -0.1) is 0 Å². The standard InChI is InChI=1S/C12H11BrClN3O2/c1-19-9-3-2-7(4-8(9)13)5-17-6-16-11(14)10(15)12(17)18/h2-4,6H,5,15H2,1H3. The monoisotopic (exact) mass is 343 g/mol. The number of ether oxygens (including phenoxy) is 1. The van der Waals surface area contributed by atoms with Gasteiger partial charge in [0.1, 0.15) is 11.4 Å². The van der Waals surface area contributed by atoms with Crippen LogP contribution < -0.4 is 16.0 Å². The van der Waals surface area contributed by atoms with E-state index >= 15 is 0 Å². The number of aromatic nitrogens is 2. The Kier molecular flexibility index (Phi) is 4.11. The van der Waals surface area contributed by atoms with Crippen LogP contribution in [-0.2, 0) is 6.54 Å². The Balaban J connectivity index is 2.34. The molecule has 0 saturated heterocycles. The molecule has 0 aliphatic rings. The molecule has 0 atom stereocenters. The topological polar surface area (TPSA) is 70.1 Å². The quantitative estimate of drug-likeness (QED) is 0.867. The molecular weight excluding hydrogens is 334 g/mol. The molecule has 1 aromatic heterocycles. The fraction of sp³-hybridized carbons (Fsp3) is 0.167. The summed E-state index contributed by atoms with van der Waals surface area (Å²) in [6.07, 6.45) is 1.37. The van der Waals surface area contributed by atoms with E-state index in [0.29, 0.717) is 6.54 Å². The Morgan fingerprint density at radius 3 is 2.89 bits per heavy atom. The summed E-state index contributed by atoms with van der Waals surface area (Å²) in [5.74, 6) is 0.727. The molecule has 0 radical (unpaired) electrons. The first-order valence-electron chi connectivity index (χ1n) is 5.35. The van der Waals surface area contributed by atoms with Crippen LogP contribution >= 0.6 is 27.5 Å². The molecule has 7 heteroatoms. The minimum atomic E-state index is -0.355. The van der Waals surface area contributed by atoms with E-state index < -0.39 is 0 Å². The number of halogens is 2. The molecule has 0 spiro atoms. The second kappa shape index (κ2) is 5.63. The number of anilines is 1. The third kappa shape index (κ3) is 2.90. The summed E-state index contributed by atoms with van der Waals surface area (Å²) >= 11 is 9.07. The van der Waals surface area contributed by atoms with Gasteiger partial charge in [0.2, 0.25) is 0 Å². The van der Waals surface area contributed by atoms with E-state index in [-0.39, 0.29) is 16.4 Å². The number of nitrogens with zero attached hydrogens (tertiary/aromatic N) is 2. The lowest BCUT2D eigenvalue weighted by molar-refractivity contribution is 0.412. The van der Waals surface area contributed by atoms with Crippen molar-refractivity contribution in [1.29, 1.82) is 0 Å². The molecule has 0 bridgehead atoms. The van der Waals surface area contributed by atoms with Gasteiger partial charge in [-0.3, -0.25) is 9.36 Å². The summed E-state index contributed by atoms with van der Waals surface area (Å²) in [5, 5.41) is 0.0251. The molecule has 0 aliphatic heterocycles. The maximum absolute atomic E-state index is 11.9. The lowest BCUT2D eigenvalue weighted by Crippen LogP contribution is -2.24. The maximum atomic E-state index is 11.9. The summed E-state index contributed by atoms with van der Waals surface area (Å²) in [4.78, 5) is 15.7. The highest BCUT2D eigenvalue weighted by Crippen LogP contribution is 2.25. The van der Waals surface area contributed by atoms with Crippen LogP contribution in [0.5, 0.6) is 5.75 Å². The van der Waals surface area contributed by atoms with Gasteiger partial charge in [-0.2, -0.15) is 0 Å². The third-order valence-electron chi connectivity index (χ3n) is 2.59. The van der Waals surface area contributed by atoms with Gasteiger partial charge in [0, 0.05) is 0 Å². The van der Waals surface area contributed by atoms with Gasteiger partial charge in [-0.05, 0) is 33.6 Å². The third-order valence-corrected chi connectivity index (χ3v) is 3.51. The Morgan fingerprint density at radius 2 is 2.26 bits per heavy atom. The van der Waals surface area contributed by atoms with E-state index in [4.69, 9.17) is 22.1 Å². The van der Waals surface area contributed by atoms with E-state index in [1.807, 2.05) is 18.2 Å². The number of methoxy groups -OCH3 is 1. The van der Waals surface area contributed by atoms with E-state index in [1.165, 1.54) is 10.9 Å². The highest BCUT2D eigenvalue weighted by atomic mass is 79.9. The normalized spacial score (nSPS) is 10.5. The number of rotatable bonds is 3. The minimum absolute atomic E-state index is 0.0251. The maximum Gasteiger partial charge on any atom is 0.278 e. The number of nitrogens with two attached hydrogens (primary N) is 1. The molecule has 2 N–H and O–H groups in total. The lowest BCUT2D eigenvalue weighted by Gasteiger charge is -2.09. The average Bonchev–Trinajstić information content (AvgIpc) is 2.40. The van der Waals surface area contributed by atoms with Crippen LogP contribution in [0.3, 0.4) is 0 Å². The highest BCUT2D eigenvalue weighted by Gasteiger charge is 2.08. The fourth-order valence-corrected chi connectivity index (χ4v) is 2.32. The van der Waals surface area contributed by atoms with Crippen LogP contribution in [-0.4, -0.2) is 16.7 Å². The van der Waals surface area contributed by atoms with E-state index in [0.717, 1.165) is 15.8 Å². The zero-order valence-electron chi connectivity index (χ0n) is 10.1. The molecule has 0 amide bonds. The molecule has 1 heterocycles. The molecule has 0 aliphatic carbocycles. The molecular formula is C12H11BrClN3O2. The minimum Gasteiger partial charge on any atom is -0.496 e. The predicted molar refractivity (Wildman–Crippen MR) is 77.7 cm³/mol. The number of benzene rings is 1. The Labute approximate surface area is 123 Å². The molecule has 1 aromatic carbocycles. The van der Waals surface area contributed by atoms with Gasteiger partial charge in [-0.25, -0.2) is 4.98 Å². The van der Waals surface area contributed by atoms with Crippen molar-refractivity contribution in [3.63, 3.8) is 0 Å². The van der Waals surface area contributed by atoms with Crippen LogP contribution in [0.25, 0.3) is 0 Å². The molecule has 5 nitrogen and oxygen atoms in total. The highest BCUT2D eigenvalue weighted by molar-refractivity contribution is 9.10. The Morgan fingerprint density at radius 1 is 1.53 bits per heavy atom. The zero-order chi connectivity index (χ0) is 14.0. The van der Waals surface area contributed by atoms with Crippen molar-refractivity contribution < 1.29 is 4.74 Å². The second-order valence-electron chi connectivity index (χ2n) is 3.85. The molecule has 2 aromatic rings. The van der Waals surface area contributed by atoms with Crippen molar-refractivity contribution in [2.75, 3.05) is 12.8 Å². The van der Waals surface area contributed by atoms with Crippen LogP contribution in [0.2, 0.25) is 5.15 Å². The number of hydrogen-bond acceptors (Lipinski definition) is 4. The molecule has 19 heavy (non-hydrogen) atoms. The fourth-order valence-electron chi connectivity index (χ4n) is 1.60. The van der Waals surface area contributed by atoms with E-state index in [2.05, 4.69) is 20.9 Å². The van der Waals surface area contributed by atoms with Gasteiger partial charge in [-0.1, -0.05) is 17.7 Å². The number of hydrogen-bond donors (Lipinski definition) is 1. The van der Waals surface area contributed by atoms with E-state index in [9.17, 15) is 4.79 Å². The van der Waals surface area contributed by atoms with Crippen molar-refractivity contribution in [2.45, 2.75) is 6.54 Å². The van der Waals surface area contributed by atoms with Crippen LogP contribution in [0.1, 0.15) is 5.56 Å². The van der Waals surface area contributed by atoms with Crippen molar-refractivity contribution >= 4 is 33.2 Å². The summed E-state index contributed by atoms with van der Waals surface area (Å²) in [5.41, 5.74) is 6.07. The Bertz CT molecular complexity index is 673. The smallest absolute Gasteiger partial charge is 0.278 e. The summed E-state index contributed by atoms with van der Waals surface area (Å²) in [6.45, 7) is 0.357. The van der Waals surface area contributed by atoms with E-state index in [1.54, 1.807) is 7.11 Å². The van der Waals surface area contributed by atoms with Crippen molar-refractivity contribution in [2.24, 2.45) is 0 Å². The first-order valence-corrected chi connectivity index (χ1v) is 6.53. The van der Waals surface area contributed by atoms with Crippen LogP contribution in [0.15, 0.2) is 33.8 Å². The van der Waals surface area contributed by atoms with Crippen LogP contribution in [0, 0.1) is 0 Å². The summed E-state index contributed by atoms with van der Waals surface area (Å²) in [7, 11) is 1.59. The first-order chi connectivity index (χ1) is 9.02. The van der Waals surface area contributed by atoms with Gasteiger partial charge in [0.25, 0.3) is 5.56 Å². The molecule has 0 fully saturated rings. The van der Waals surface area contributed by atoms with Gasteiger partial charge in [0.15, 0.2) is 5.15 Å². The van der Waals surface area contributed by atoms with Gasteiger partial charge >= 0.3 is 0 Å².